The Morgan fingerprint density at radius 1 is 1.37 bits per heavy atom. The van der Waals surface area contributed by atoms with Gasteiger partial charge in [0.25, 0.3) is 0 Å². The van der Waals surface area contributed by atoms with E-state index in [9.17, 15) is 0 Å². The Kier molecular flexibility index (Phi) is 4.41. The summed E-state index contributed by atoms with van der Waals surface area (Å²) < 4.78 is 1.72. The fraction of sp³-hybridized carbons (Fsp3) is 0.308. The van der Waals surface area contributed by atoms with Gasteiger partial charge in [0.2, 0.25) is 0 Å². The quantitative estimate of drug-likeness (QED) is 0.868. The number of benzene rings is 1. The van der Waals surface area contributed by atoms with Crippen LogP contribution in [0.25, 0.3) is 0 Å². The minimum absolute atomic E-state index is 0.381. The topological polar surface area (TPSA) is 54.5 Å². The summed E-state index contributed by atoms with van der Waals surface area (Å²) in [6.07, 6.45) is 1.69. The van der Waals surface area contributed by atoms with Crippen molar-refractivity contribution < 1.29 is 0 Å². The van der Waals surface area contributed by atoms with Crippen LogP contribution in [0, 0.1) is 11.3 Å². The van der Waals surface area contributed by atoms with E-state index in [-0.39, 0.29) is 0 Å². The molecule has 1 heterocycles. The first-order valence-corrected chi connectivity index (χ1v) is 6.67. The summed E-state index contributed by atoms with van der Waals surface area (Å²) in [5, 5.41) is 18.1. The second-order valence-corrected chi connectivity index (χ2v) is 4.98. The third kappa shape index (κ3) is 3.06. The highest BCUT2D eigenvalue weighted by Gasteiger charge is 2.13. The zero-order chi connectivity index (χ0) is 13.8. The fourth-order valence-corrected chi connectivity index (χ4v) is 2.31. The Labute approximate surface area is 121 Å². The van der Waals surface area contributed by atoms with Crippen LogP contribution in [-0.2, 0) is 13.0 Å². The van der Waals surface area contributed by atoms with Gasteiger partial charge in [0, 0.05) is 10.0 Å². The van der Waals surface area contributed by atoms with E-state index >= 15 is 0 Å². The molecule has 0 aliphatic carbocycles. The molecule has 4 nitrogen and oxygen atoms in total. The summed E-state index contributed by atoms with van der Waals surface area (Å²) in [7, 11) is 0. The normalized spacial score (nSPS) is 10.4. The van der Waals surface area contributed by atoms with Crippen LogP contribution in [-0.4, -0.2) is 15.0 Å². The van der Waals surface area contributed by atoms with Crippen molar-refractivity contribution in [2.75, 3.05) is 0 Å². The predicted octanol–water partition coefficient (Wildman–Crippen LogP) is 3.46. The van der Waals surface area contributed by atoms with Crippen LogP contribution in [0.15, 0.2) is 18.2 Å². The summed E-state index contributed by atoms with van der Waals surface area (Å²) in [5.41, 5.74) is 2.13. The van der Waals surface area contributed by atoms with Gasteiger partial charge in [-0.2, -0.15) is 5.26 Å². The number of hydrogen-bond donors (Lipinski definition) is 0. The summed E-state index contributed by atoms with van der Waals surface area (Å²) in [5.74, 6) is 0. The van der Waals surface area contributed by atoms with Crippen LogP contribution < -0.4 is 0 Å². The lowest BCUT2D eigenvalue weighted by Crippen LogP contribution is -2.07. The first-order chi connectivity index (χ1) is 9.15. The van der Waals surface area contributed by atoms with E-state index in [4.69, 9.17) is 28.5 Å². The minimum Gasteiger partial charge on any atom is -0.244 e. The van der Waals surface area contributed by atoms with Crippen molar-refractivity contribution in [3.05, 3.63) is 45.2 Å². The van der Waals surface area contributed by atoms with E-state index in [0.29, 0.717) is 22.3 Å². The molecular formula is C13H12Cl2N4. The largest absolute Gasteiger partial charge is 0.244 e. The van der Waals surface area contributed by atoms with Gasteiger partial charge in [0.1, 0.15) is 6.07 Å². The minimum atomic E-state index is 0.381. The molecule has 0 aliphatic rings. The smallest absolute Gasteiger partial charge is 0.185 e. The molecule has 2 rings (SSSR count). The van der Waals surface area contributed by atoms with Gasteiger partial charge in [-0.3, -0.25) is 0 Å². The van der Waals surface area contributed by atoms with Gasteiger partial charge in [0.15, 0.2) is 5.69 Å². The molecule has 0 radical (unpaired) electrons. The molecule has 0 saturated heterocycles. The number of rotatable bonds is 4. The average molecular weight is 295 g/mol. The summed E-state index contributed by atoms with van der Waals surface area (Å²) in [6, 6.07) is 7.39. The van der Waals surface area contributed by atoms with Crippen molar-refractivity contribution in [3.63, 3.8) is 0 Å². The van der Waals surface area contributed by atoms with E-state index in [1.165, 1.54) is 0 Å². The monoisotopic (exact) mass is 294 g/mol. The van der Waals surface area contributed by atoms with E-state index in [0.717, 1.165) is 24.1 Å². The summed E-state index contributed by atoms with van der Waals surface area (Å²) in [6.45, 7) is 2.54. The zero-order valence-corrected chi connectivity index (χ0v) is 11.9. The highest BCUT2D eigenvalue weighted by Crippen LogP contribution is 2.22. The van der Waals surface area contributed by atoms with E-state index in [1.54, 1.807) is 16.8 Å². The lowest BCUT2D eigenvalue weighted by atomic mass is 10.2. The number of halogens is 2. The molecule has 0 amide bonds. The van der Waals surface area contributed by atoms with Gasteiger partial charge in [-0.1, -0.05) is 47.8 Å². The molecule has 1 aromatic heterocycles. The van der Waals surface area contributed by atoms with Crippen molar-refractivity contribution >= 4 is 23.2 Å². The molecular weight excluding hydrogens is 283 g/mol. The highest BCUT2D eigenvalue weighted by atomic mass is 35.5. The van der Waals surface area contributed by atoms with Crippen LogP contribution in [0.3, 0.4) is 0 Å². The van der Waals surface area contributed by atoms with Crippen molar-refractivity contribution in [1.82, 2.24) is 15.0 Å². The summed E-state index contributed by atoms with van der Waals surface area (Å²) in [4.78, 5) is 0. The maximum absolute atomic E-state index is 9.01. The van der Waals surface area contributed by atoms with Crippen molar-refractivity contribution in [3.8, 4) is 6.07 Å². The molecule has 0 saturated carbocycles. The number of aromatic nitrogens is 3. The molecule has 0 spiro atoms. The Hall–Kier alpha value is -1.57. The van der Waals surface area contributed by atoms with E-state index < -0.39 is 0 Å². The molecule has 19 heavy (non-hydrogen) atoms. The molecule has 2 aromatic rings. The lowest BCUT2D eigenvalue weighted by Gasteiger charge is -2.07. The van der Waals surface area contributed by atoms with Gasteiger partial charge < -0.3 is 0 Å². The number of nitriles is 1. The lowest BCUT2D eigenvalue weighted by molar-refractivity contribution is 0.613. The summed E-state index contributed by atoms with van der Waals surface area (Å²) >= 11 is 12.0. The first kappa shape index (κ1) is 13.9. The SMILES string of the molecule is CCCc1c(C#N)nnn1Cc1ccc(Cl)cc1Cl. The van der Waals surface area contributed by atoms with Gasteiger partial charge in [0.05, 0.1) is 12.2 Å². The average Bonchev–Trinajstić information content (AvgIpc) is 2.76. The second-order valence-electron chi connectivity index (χ2n) is 4.14. The van der Waals surface area contributed by atoms with Crippen molar-refractivity contribution in [2.45, 2.75) is 26.3 Å². The van der Waals surface area contributed by atoms with Crippen LogP contribution in [0.2, 0.25) is 10.0 Å². The third-order valence-electron chi connectivity index (χ3n) is 2.77. The maximum Gasteiger partial charge on any atom is 0.185 e. The Morgan fingerprint density at radius 2 is 2.16 bits per heavy atom. The fourth-order valence-electron chi connectivity index (χ4n) is 1.84. The van der Waals surface area contributed by atoms with Gasteiger partial charge in [-0.25, -0.2) is 4.68 Å². The molecule has 0 atom stereocenters. The Balaban J connectivity index is 2.33. The molecule has 0 unspecified atom stereocenters. The van der Waals surface area contributed by atoms with Crippen LogP contribution in [0.4, 0.5) is 0 Å². The first-order valence-electron chi connectivity index (χ1n) is 5.92. The number of nitrogens with zero attached hydrogens (tertiary/aromatic N) is 4. The standard InChI is InChI=1S/C13H12Cl2N4/c1-2-3-13-12(7-16)17-18-19(13)8-9-4-5-10(14)6-11(9)15/h4-6H,2-3,8H2,1H3. The molecule has 0 fully saturated rings. The van der Waals surface area contributed by atoms with Gasteiger partial charge in [-0.05, 0) is 24.1 Å². The van der Waals surface area contributed by atoms with Crippen LogP contribution >= 0.6 is 23.2 Å². The zero-order valence-electron chi connectivity index (χ0n) is 10.4. The second kappa shape index (κ2) is 6.05. The predicted molar refractivity (Wildman–Crippen MR) is 74.3 cm³/mol. The van der Waals surface area contributed by atoms with Crippen LogP contribution in [0.5, 0.6) is 0 Å². The highest BCUT2D eigenvalue weighted by molar-refractivity contribution is 6.35. The van der Waals surface area contributed by atoms with Crippen LogP contribution in [0.1, 0.15) is 30.3 Å². The molecule has 0 N–H and O–H groups in total. The molecule has 1 aromatic carbocycles. The maximum atomic E-state index is 9.01. The van der Waals surface area contributed by atoms with Crippen molar-refractivity contribution in [2.24, 2.45) is 0 Å². The van der Waals surface area contributed by atoms with Gasteiger partial charge in [-0.15, -0.1) is 5.10 Å². The van der Waals surface area contributed by atoms with Crippen molar-refractivity contribution in [1.29, 1.82) is 5.26 Å². The molecule has 0 bridgehead atoms. The van der Waals surface area contributed by atoms with E-state index in [2.05, 4.69) is 16.4 Å². The number of hydrogen-bond acceptors (Lipinski definition) is 3. The Bertz CT molecular complexity index is 628. The van der Waals surface area contributed by atoms with E-state index in [1.807, 2.05) is 13.0 Å². The molecule has 6 heteroatoms. The molecule has 0 aliphatic heterocycles. The van der Waals surface area contributed by atoms with Gasteiger partial charge >= 0.3 is 0 Å². The Morgan fingerprint density at radius 3 is 2.79 bits per heavy atom. The molecule has 98 valence electrons. The third-order valence-corrected chi connectivity index (χ3v) is 3.35.